The van der Waals surface area contributed by atoms with Crippen molar-refractivity contribution in [3.8, 4) is 0 Å². The Morgan fingerprint density at radius 3 is 2.61 bits per heavy atom. The molecule has 1 saturated heterocycles. The molecule has 0 radical (unpaired) electrons. The van der Waals surface area contributed by atoms with Crippen molar-refractivity contribution in [2.45, 2.75) is 58.9 Å². The Kier molecular flexibility index (Phi) is 4.89. The Bertz CT molecular complexity index is 686. The molecule has 7 heteroatoms. The first-order valence-electron chi connectivity index (χ1n) is 8.15. The maximum atomic E-state index is 12.2. The number of anilines is 1. The van der Waals surface area contributed by atoms with Gasteiger partial charge in [0.05, 0.1) is 23.2 Å². The normalized spacial score (nSPS) is 22.0. The van der Waals surface area contributed by atoms with E-state index in [2.05, 4.69) is 10.4 Å². The smallest absolute Gasteiger partial charge is 0.228 e. The molecule has 2 heterocycles. The van der Waals surface area contributed by atoms with Crippen molar-refractivity contribution in [2.75, 3.05) is 16.8 Å². The van der Waals surface area contributed by atoms with Gasteiger partial charge in [-0.15, -0.1) is 0 Å². The molecule has 1 aliphatic heterocycles. The lowest BCUT2D eigenvalue weighted by molar-refractivity contribution is -0.119. The van der Waals surface area contributed by atoms with Gasteiger partial charge in [-0.2, -0.15) is 5.10 Å². The van der Waals surface area contributed by atoms with E-state index in [1.807, 2.05) is 40.7 Å². The number of carbonyl (C=O) groups excluding carboxylic acids is 1. The number of aromatic nitrogens is 2. The Balaban J connectivity index is 2.35. The van der Waals surface area contributed by atoms with Crippen LogP contribution in [0.15, 0.2) is 6.07 Å². The molecule has 2 unspecified atom stereocenters. The van der Waals surface area contributed by atoms with Gasteiger partial charge in [-0.1, -0.05) is 34.6 Å². The van der Waals surface area contributed by atoms with Crippen LogP contribution in [-0.2, 0) is 20.0 Å². The van der Waals surface area contributed by atoms with Gasteiger partial charge < -0.3 is 5.32 Å². The van der Waals surface area contributed by atoms with E-state index < -0.39 is 9.84 Å². The Morgan fingerprint density at radius 2 is 2.13 bits per heavy atom. The summed E-state index contributed by atoms with van der Waals surface area (Å²) in [6.07, 6.45) is 1.30. The summed E-state index contributed by atoms with van der Waals surface area (Å²) in [6.45, 7) is 9.98. The summed E-state index contributed by atoms with van der Waals surface area (Å²) < 4.78 is 25.3. The number of sulfone groups is 1. The largest absolute Gasteiger partial charge is 0.311 e. The summed E-state index contributed by atoms with van der Waals surface area (Å²) in [5.74, 6) is 0.715. The summed E-state index contributed by atoms with van der Waals surface area (Å²) >= 11 is 0. The molecule has 0 bridgehead atoms. The summed E-state index contributed by atoms with van der Waals surface area (Å²) in [7, 11) is -3.01. The number of hydrogen-bond acceptors (Lipinski definition) is 4. The van der Waals surface area contributed by atoms with Gasteiger partial charge in [-0.05, 0) is 12.8 Å². The second-order valence-corrected chi connectivity index (χ2v) is 9.69. The molecule has 6 nitrogen and oxygen atoms in total. The van der Waals surface area contributed by atoms with Gasteiger partial charge in [0.25, 0.3) is 0 Å². The topological polar surface area (TPSA) is 81.1 Å². The zero-order valence-electron chi connectivity index (χ0n) is 14.6. The molecule has 0 aromatic carbocycles. The van der Waals surface area contributed by atoms with Gasteiger partial charge in [0, 0.05) is 17.4 Å². The molecule has 23 heavy (non-hydrogen) atoms. The number of hydrogen-bond donors (Lipinski definition) is 1. The minimum atomic E-state index is -3.01. The molecule has 2 atom stereocenters. The van der Waals surface area contributed by atoms with Crippen LogP contribution < -0.4 is 5.32 Å². The number of rotatable bonds is 4. The third kappa shape index (κ3) is 4.13. The van der Waals surface area contributed by atoms with E-state index in [1.165, 1.54) is 0 Å². The lowest BCUT2D eigenvalue weighted by Gasteiger charge is -2.16. The molecule has 0 saturated carbocycles. The number of carbonyl (C=O) groups is 1. The van der Waals surface area contributed by atoms with Crippen LogP contribution in [-0.4, -0.2) is 35.6 Å². The lowest BCUT2D eigenvalue weighted by atomic mass is 9.92. The van der Waals surface area contributed by atoms with E-state index >= 15 is 0 Å². The standard InChI is InChI=1S/C16H27N3O3S/c1-6-11(2)15(20)17-14-9-13(16(3,4)5)18-19(14)12-7-8-23(21,22)10-12/h9,11-12H,6-8,10H2,1-5H3,(H,17,20). The fourth-order valence-electron chi connectivity index (χ4n) is 2.54. The highest BCUT2D eigenvalue weighted by atomic mass is 32.2. The fourth-order valence-corrected chi connectivity index (χ4v) is 4.23. The average molecular weight is 341 g/mol. The first kappa shape index (κ1) is 18.0. The summed E-state index contributed by atoms with van der Waals surface area (Å²) in [5.41, 5.74) is 0.680. The highest BCUT2D eigenvalue weighted by molar-refractivity contribution is 7.91. The van der Waals surface area contributed by atoms with Crippen molar-refractivity contribution in [1.29, 1.82) is 0 Å². The first-order chi connectivity index (χ1) is 10.5. The summed E-state index contributed by atoms with van der Waals surface area (Å²) in [5, 5.41) is 7.53. The Hall–Kier alpha value is -1.37. The molecule has 130 valence electrons. The van der Waals surface area contributed by atoms with Crippen molar-refractivity contribution < 1.29 is 13.2 Å². The average Bonchev–Trinajstić information content (AvgIpc) is 3.00. The van der Waals surface area contributed by atoms with E-state index in [4.69, 9.17) is 0 Å². The molecular weight excluding hydrogens is 314 g/mol. The minimum absolute atomic E-state index is 0.0602. The van der Waals surface area contributed by atoms with Crippen molar-refractivity contribution in [3.05, 3.63) is 11.8 Å². The number of nitrogens with one attached hydrogen (secondary N) is 1. The van der Waals surface area contributed by atoms with Gasteiger partial charge in [-0.25, -0.2) is 13.1 Å². The Morgan fingerprint density at radius 1 is 1.48 bits per heavy atom. The molecule has 1 aromatic heterocycles. The molecular formula is C16H27N3O3S. The summed E-state index contributed by atoms with van der Waals surface area (Å²) in [6, 6.07) is 1.66. The summed E-state index contributed by atoms with van der Waals surface area (Å²) in [4.78, 5) is 12.2. The van der Waals surface area contributed by atoms with Crippen LogP contribution in [0.5, 0.6) is 0 Å². The highest BCUT2D eigenvalue weighted by Gasteiger charge is 2.33. The second-order valence-electron chi connectivity index (χ2n) is 7.46. The predicted molar refractivity (Wildman–Crippen MR) is 91.3 cm³/mol. The van der Waals surface area contributed by atoms with Crippen LogP contribution in [0.2, 0.25) is 0 Å². The van der Waals surface area contributed by atoms with E-state index in [9.17, 15) is 13.2 Å². The fraction of sp³-hybridized carbons (Fsp3) is 0.750. The molecule has 1 aliphatic rings. The first-order valence-corrected chi connectivity index (χ1v) is 9.97. The molecule has 1 aromatic rings. The van der Waals surface area contributed by atoms with E-state index in [-0.39, 0.29) is 34.8 Å². The van der Waals surface area contributed by atoms with E-state index in [0.29, 0.717) is 12.2 Å². The van der Waals surface area contributed by atoms with Gasteiger partial charge in [0.2, 0.25) is 5.91 Å². The molecule has 1 N–H and O–H groups in total. The van der Waals surface area contributed by atoms with Crippen LogP contribution >= 0.6 is 0 Å². The zero-order valence-corrected chi connectivity index (χ0v) is 15.4. The minimum Gasteiger partial charge on any atom is -0.311 e. The number of amides is 1. The van der Waals surface area contributed by atoms with Gasteiger partial charge in [0.1, 0.15) is 5.82 Å². The van der Waals surface area contributed by atoms with Crippen LogP contribution in [0.25, 0.3) is 0 Å². The zero-order chi connectivity index (χ0) is 17.4. The quantitative estimate of drug-likeness (QED) is 0.912. The SMILES string of the molecule is CCC(C)C(=O)Nc1cc(C(C)(C)C)nn1C1CCS(=O)(=O)C1. The monoisotopic (exact) mass is 341 g/mol. The highest BCUT2D eigenvalue weighted by Crippen LogP contribution is 2.31. The third-order valence-electron chi connectivity index (χ3n) is 4.37. The van der Waals surface area contributed by atoms with Gasteiger partial charge >= 0.3 is 0 Å². The Labute approximate surface area is 138 Å². The van der Waals surface area contributed by atoms with Crippen molar-refractivity contribution in [3.63, 3.8) is 0 Å². The van der Waals surface area contributed by atoms with Crippen molar-refractivity contribution >= 4 is 21.6 Å². The van der Waals surface area contributed by atoms with E-state index in [0.717, 1.165) is 12.1 Å². The lowest BCUT2D eigenvalue weighted by Crippen LogP contribution is -2.23. The predicted octanol–water partition coefficient (Wildman–Crippen LogP) is 2.52. The van der Waals surface area contributed by atoms with Gasteiger partial charge in [0.15, 0.2) is 9.84 Å². The second kappa shape index (κ2) is 6.26. The van der Waals surface area contributed by atoms with Crippen molar-refractivity contribution in [1.82, 2.24) is 9.78 Å². The molecule has 0 aliphatic carbocycles. The van der Waals surface area contributed by atoms with Crippen LogP contribution in [0, 0.1) is 5.92 Å². The van der Waals surface area contributed by atoms with Crippen LogP contribution in [0.1, 0.15) is 59.2 Å². The maximum absolute atomic E-state index is 12.2. The molecule has 1 fully saturated rings. The number of nitrogens with zero attached hydrogens (tertiary/aromatic N) is 2. The van der Waals surface area contributed by atoms with Gasteiger partial charge in [-0.3, -0.25) is 4.79 Å². The van der Waals surface area contributed by atoms with Crippen molar-refractivity contribution in [2.24, 2.45) is 5.92 Å². The molecule has 0 spiro atoms. The third-order valence-corrected chi connectivity index (χ3v) is 6.12. The molecule has 1 amide bonds. The van der Waals surface area contributed by atoms with Crippen LogP contribution in [0.3, 0.4) is 0 Å². The molecule has 2 rings (SSSR count). The maximum Gasteiger partial charge on any atom is 0.228 e. The van der Waals surface area contributed by atoms with E-state index in [1.54, 1.807) is 4.68 Å². The van der Waals surface area contributed by atoms with Crippen LogP contribution in [0.4, 0.5) is 5.82 Å².